The molecule has 0 fully saturated rings. The fourth-order valence-electron chi connectivity index (χ4n) is 1.53. The minimum atomic E-state index is 1.05. The number of hydrogen-bond donors (Lipinski definition) is 1. The number of fused-ring (bicyclic) bond motifs is 1. The van der Waals surface area contributed by atoms with Crippen LogP contribution in [0, 0.1) is 6.92 Å². The second kappa shape index (κ2) is 3.05. The van der Waals surface area contributed by atoms with E-state index in [9.17, 15) is 0 Å². The first-order valence-corrected chi connectivity index (χ1v) is 4.35. The van der Waals surface area contributed by atoms with Crippen molar-refractivity contribution < 1.29 is 0 Å². The van der Waals surface area contributed by atoms with E-state index in [-0.39, 0.29) is 0 Å². The van der Waals surface area contributed by atoms with Crippen molar-refractivity contribution in [3.63, 3.8) is 0 Å². The van der Waals surface area contributed by atoms with Crippen LogP contribution in [0.25, 0.3) is 10.9 Å². The molecule has 13 heavy (non-hydrogen) atoms. The van der Waals surface area contributed by atoms with Crippen LogP contribution in [0.15, 0.2) is 30.5 Å². The van der Waals surface area contributed by atoms with Gasteiger partial charge in [-0.1, -0.05) is 18.2 Å². The summed E-state index contributed by atoms with van der Waals surface area (Å²) < 4.78 is 0. The molecule has 0 saturated carbocycles. The molecule has 2 aromatic rings. The molecule has 2 rings (SSSR count). The monoisotopic (exact) mass is 172 g/mol. The normalized spacial score (nSPS) is 10.3. The minimum absolute atomic E-state index is 1.05. The van der Waals surface area contributed by atoms with Crippen LogP contribution in [0.2, 0.25) is 0 Å². The van der Waals surface area contributed by atoms with Crippen LogP contribution in [0.4, 0.5) is 5.69 Å². The van der Waals surface area contributed by atoms with Crippen molar-refractivity contribution in [3.8, 4) is 0 Å². The lowest BCUT2D eigenvalue weighted by Gasteiger charge is -2.06. The third-order valence-electron chi connectivity index (χ3n) is 2.31. The summed E-state index contributed by atoms with van der Waals surface area (Å²) in [6, 6.07) is 8.17. The lowest BCUT2D eigenvalue weighted by atomic mass is 10.1. The van der Waals surface area contributed by atoms with Crippen LogP contribution >= 0.6 is 0 Å². The van der Waals surface area contributed by atoms with E-state index in [1.165, 1.54) is 10.9 Å². The summed E-state index contributed by atoms with van der Waals surface area (Å²) in [5.74, 6) is 0. The van der Waals surface area contributed by atoms with E-state index in [0.29, 0.717) is 0 Å². The molecular formula is C11H12N2. The van der Waals surface area contributed by atoms with E-state index in [4.69, 9.17) is 0 Å². The first-order valence-electron chi connectivity index (χ1n) is 4.35. The average molecular weight is 172 g/mol. The zero-order valence-corrected chi connectivity index (χ0v) is 7.83. The Bertz CT molecular complexity index is 435. The molecule has 0 amide bonds. The highest BCUT2D eigenvalue weighted by molar-refractivity contribution is 5.85. The van der Waals surface area contributed by atoms with Crippen molar-refractivity contribution in [1.82, 2.24) is 4.98 Å². The van der Waals surface area contributed by atoms with Gasteiger partial charge in [-0.3, -0.25) is 4.98 Å². The van der Waals surface area contributed by atoms with E-state index in [2.05, 4.69) is 23.3 Å². The van der Waals surface area contributed by atoms with Crippen molar-refractivity contribution >= 4 is 16.6 Å². The van der Waals surface area contributed by atoms with Gasteiger partial charge in [0.15, 0.2) is 0 Å². The SMILES string of the molecule is CNc1cnc2ccccc2c1C. The third kappa shape index (κ3) is 1.24. The molecule has 0 aliphatic carbocycles. The lowest BCUT2D eigenvalue weighted by molar-refractivity contribution is 1.34. The van der Waals surface area contributed by atoms with Crippen LogP contribution in [0.1, 0.15) is 5.56 Å². The Kier molecular flexibility index (Phi) is 1.89. The van der Waals surface area contributed by atoms with Gasteiger partial charge in [0.05, 0.1) is 17.4 Å². The Hall–Kier alpha value is -1.57. The number of hydrogen-bond acceptors (Lipinski definition) is 2. The highest BCUT2D eigenvalue weighted by atomic mass is 14.8. The fourth-order valence-corrected chi connectivity index (χ4v) is 1.53. The molecule has 2 heteroatoms. The number of aromatic nitrogens is 1. The standard InChI is InChI=1S/C11H12N2/c1-8-9-5-3-4-6-10(9)13-7-11(8)12-2/h3-7,12H,1-2H3. The van der Waals surface area contributed by atoms with Gasteiger partial charge in [0, 0.05) is 12.4 Å². The van der Waals surface area contributed by atoms with Crippen LogP contribution in [0.3, 0.4) is 0 Å². The molecular weight excluding hydrogens is 160 g/mol. The highest BCUT2D eigenvalue weighted by Gasteiger charge is 2.01. The van der Waals surface area contributed by atoms with Crippen molar-refractivity contribution in [2.45, 2.75) is 6.92 Å². The van der Waals surface area contributed by atoms with Gasteiger partial charge < -0.3 is 5.32 Å². The van der Waals surface area contributed by atoms with E-state index < -0.39 is 0 Å². The number of anilines is 1. The molecule has 0 spiro atoms. The molecule has 1 aromatic heterocycles. The second-order valence-corrected chi connectivity index (χ2v) is 3.06. The molecule has 0 aliphatic rings. The summed E-state index contributed by atoms with van der Waals surface area (Å²) >= 11 is 0. The number of benzene rings is 1. The van der Waals surface area contributed by atoms with Gasteiger partial charge in [0.1, 0.15) is 0 Å². The van der Waals surface area contributed by atoms with Gasteiger partial charge >= 0.3 is 0 Å². The highest BCUT2D eigenvalue weighted by Crippen LogP contribution is 2.22. The van der Waals surface area contributed by atoms with Gasteiger partial charge in [0.25, 0.3) is 0 Å². The number of nitrogens with zero attached hydrogens (tertiary/aromatic N) is 1. The van der Waals surface area contributed by atoms with Gasteiger partial charge in [0.2, 0.25) is 0 Å². The van der Waals surface area contributed by atoms with E-state index in [0.717, 1.165) is 11.2 Å². The zero-order valence-electron chi connectivity index (χ0n) is 7.83. The maximum Gasteiger partial charge on any atom is 0.0706 e. The molecule has 0 saturated heterocycles. The van der Waals surface area contributed by atoms with E-state index in [1.807, 2.05) is 31.4 Å². The molecule has 0 atom stereocenters. The van der Waals surface area contributed by atoms with Crippen LogP contribution in [0.5, 0.6) is 0 Å². The van der Waals surface area contributed by atoms with Crippen molar-refractivity contribution in [2.75, 3.05) is 12.4 Å². The minimum Gasteiger partial charge on any atom is -0.387 e. The summed E-state index contributed by atoms with van der Waals surface area (Å²) in [4.78, 5) is 4.35. The van der Waals surface area contributed by atoms with Crippen LogP contribution in [-0.2, 0) is 0 Å². The predicted octanol–water partition coefficient (Wildman–Crippen LogP) is 2.58. The maximum atomic E-state index is 4.35. The quantitative estimate of drug-likeness (QED) is 0.715. The summed E-state index contributed by atoms with van der Waals surface area (Å²) in [6.45, 7) is 2.11. The van der Waals surface area contributed by atoms with Crippen molar-refractivity contribution in [1.29, 1.82) is 0 Å². The fraction of sp³-hybridized carbons (Fsp3) is 0.182. The molecule has 0 aliphatic heterocycles. The molecule has 2 nitrogen and oxygen atoms in total. The topological polar surface area (TPSA) is 24.9 Å². The second-order valence-electron chi connectivity index (χ2n) is 3.06. The number of para-hydroxylation sites is 1. The molecule has 1 N–H and O–H groups in total. The first-order chi connectivity index (χ1) is 6.33. The van der Waals surface area contributed by atoms with Crippen molar-refractivity contribution in [3.05, 3.63) is 36.0 Å². The summed E-state index contributed by atoms with van der Waals surface area (Å²) in [5, 5.41) is 4.34. The summed E-state index contributed by atoms with van der Waals surface area (Å²) in [7, 11) is 1.92. The maximum absolute atomic E-state index is 4.35. The number of rotatable bonds is 1. The Balaban J connectivity index is 2.79. The summed E-state index contributed by atoms with van der Waals surface area (Å²) in [6.07, 6.45) is 1.87. The number of pyridine rings is 1. The molecule has 66 valence electrons. The molecule has 1 heterocycles. The first kappa shape index (κ1) is 8.05. The number of aryl methyl sites for hydroxylation is 1. The number of nitrogens with one attached hydrogen (secondary N) is 1. The Labute approximate surface area is 77.6 Å². The van der Waals surface area contributed by atoms with Crippen LogP contribution in [-0.4, -0.2) is 12.0 Å². The molecule has 0 unspecified atom stereocenters. The molecule has 0 bridgehead atoms. The van der Waals surface area contributed by atoms with Gasteiger partial charge in [-0.05, 0) is 18.6 Å². The molecule has 1 aromatic carbocycles. The lowest BCUT2D eigenvalue weighted by Crippen LogP contribution is -1.93. The smallest absolute Gasteiger partial charge is 0.0706 e. The Morgan fingerprint density at radius 2 is 2.00 bits per heavy atom. The van der Waals surface area contributed by atoms with Gasteiger partial charge in [-0.25, -0.2) is 0 Å². The van der Waals surface area contributed by atoms with E-state index in [1.54, 1.807) is 0 Å². The Morgan fingerprint density at radius 3 is 2.77 bits per heavy atom. The van der Waals surface area contributed by atoms with E-state index >= 15 is 0 Å². The zero-order chi connectivity index (χ0) is 9.26. The Morgan fingerprint density at radius 1 is 1.23 bits per heavy atom. The average Bonchev–Trinajstić information content (AvgIpc) is 2.19. The van der Waals surface area contributed by atoms with Gasteiger partial charge in [-0.2, -0.15) is 0 Å². The van der Waals surface area contributed by atoms with Crippen LogP contribution < -0.4 is 5.32 Å². The third-order valence-corrected chi connectivity index (χ3v) is 2.31. The largest absolute Gasteiger partial charge is 0.387 e. The van der Waals surface area contributed by atoms with Gasteiger partial charge in [-0.15, -0.1) is 0 Å². The predicted molar refractivity (Wildman–Crippen MR) is 56.0 cm³/mol. The van der Waals surface area contributed by atoms with Crippen molar-refractivity contribution in [2.24, 2.45) is 0 Å². The molecule has 0 radical (unpaired) electrons. The summed E-state index contributed by atoms with van der Waals surface area (Å²) in [5.41, 5.74) is 3.41.